The number of piperidine rings is 1. The molecule has 0 spiro atoms. The van der Waals surface area contributed by atoms with Gasteiger partial charge in [0.1, 0.15) is 30.6 Å². The number of aliphatic hydroxyl groups excluding tert-OH is 3. The van der Waals surface area contributed by atoms with Crippen LogP contribution in [0.3, 0.4) is 0 Å². The van der Waals surface area contributed by atoms with Gasteiger partial charge in [0.15, 0.2) is 5.78 Å². The SMILES string of the molecule is CCC(OC(=O)[C@@H]1CCCCN1C(=O)C(=O)C1(O)OC(CC(OC)C(C)=CC=CC=CC(C)C[C@@H](C)C(=O)C(OC)C(O)C(C)=CC(C)C=O)CC[C@H]1C)C(C)CC1CCC(O)C(O)C1. The Bertz CT molecular complexity index is 1690. The van der Waals surface area contributed by atoms with Gasteiger partial charge in [0.2, 0.25) is 5.79 Å². The van der Waals surface area contributed by atoms with Crippen molar-refractivity contribution < 1.29 is 63.3 Å². The topological polar surface area (TPSA) is 206 Å². The van der Waals surface area contributed by atoms with Gasteiger partial charge in [0, 0.05) is 44.9 Å². The summed E-state index contributed by atoms with van der Waals surface area (Å²) in [5.74, 6) is -6.47. The minimum Gasteiger partial charge on any atom is -0.461 e. The van der Waals surface area contributed by atoms with E-state index < -0.39 is 78.1 Å². The first-order valence-electron chi connectivity index (χ1n) is 24.0. The number of nitrogens with zero attached hydrogens (tertiary/aromatic N) is 1. The summed E-state index contributed by atoms with van der Waals surface area (Å²) >= 11 is 0. The molecular weight excluding hydrogens is 835 g/mol. The standard InChI is InChI=1S/C51H81NO13/c1-11-43(34(5)27-38-21-23-41(54)42(55)28-38)64-50(60)40-19-15-16-24-52(40)49(59)48(58)51(61)37(8)20-22-39(65-51)29-44(62-9)33(4)18-14-12-13-17-31(2)25-35(6)45(56)47(63-10)46(57)36(7)26-32(3)30-53/h12-14,17-18,26,30-32,34-35,37-44,46-47,54-55,57,61H,11,15-16,19-25,27-29H2,1-10H3/t31?,32?,34?,35-,37-,38?,39?,40+,41?,42?,43?,44?,46?,47?,51?/m1/s1. The molecule has 2 aliphatic heterocycles. The number of carbonyl (C=O) groups excluding carboxylic acids is 5. The molecule has 368 valence electrons. The monoisotopic (exact) mass is 916 g/mol. The molecule has 1 aliphatic carbocycles. The van der Waals surface area contributed by atoms with E-state index in [1.165, 1.54) is 12.0 Å². The highest BCUT2D eigenvalue weighted by molar-refractivity contribution is 6.39. The van der Waals surface area contributed by atoms with E-state index in [0.29, 0.717) is 69.8 Å². The van der Waals surface area contributed by atoms with Gasteiger partial charge in [-0.1, -0.05) is 78.0 Å². The number of ether oxygens (including phenoxy) is 4. The van der Waals surface area contributed by atoms with Crippen LogP contribution in [0.5, 0.6) is 0 Å². The summed E-state index contributed by atoms with van der Waals surface area (Å²) in [5, 5.41) is 42.7. The summed E-state index contributed by atoms with van der Waals surface area (Å²) in [6.45, 7) is 14.9. The van der Waals surface area contributed by atoms with E-state index in [4.69, 9.17) is 18.9 Å². The molecule has 2 heterocycles. The van der Waals surface area contributed by atoms with Crippen molar-refractivity contribution in [3.05, 3.63) is 47.6 Å². The van der Waals surface area contributed by atoms with Crippen LogP contribution in [0.15, 0.2) is 47.6 Å². The lowest BCUT2D eigenvalue weighted by atomic mass is 9.79. The molecule has 0 aromatic heterocycles. The van der Waals surface area contributed by atoms with Crippen molar-refractivity contribution >= 4 is 29.7 Å². The zero-order valence-corrected chi connectivity index (χ0v) is 40.7. The molecule has 0 radical (unpaired) electrons. The number of carbonyl (C=O) groups is 5. The Morgan fingerprint density at radius 3 is 2.23 bits per heavy atom. The number of methoxy groups -OCH3 is 2. The van der Waals surface area contributed by atoms with Gasteiger partial charge in [-0.05, 0) is 113 Å². The number of Topliss-reactive ketones (excluding diaryl/α,β-unsaturated/α-hetero) is 2. The second-order valence-corrected chi connectivity index (χ2v) is 19.3. The molecule has 3 fully saturated rings. The van der Waals surface area contributed by atoms with Crippen LogP contribution in [0.1, 0.15) is 132 Å². The van der Waals surface area contributed by atoms with E-state index in [2.05, 4.69) is 0 Å². The molecular formula is C51H81NO13. The maximum absolute atomic E-state index is 14.0. The van der Waals surface area contributed by atoms with Crippen molar-refractivity contribution in [1.29, 1.82) is 0 Å². The molecule has 14 nitrogen and oxygen atoms in total. The number of hydrogen-bond donors (Lipinski definition) is 4. The molecule has 1 amide bonds. The van der Waals surface area contributed by atoms with Gasteiger partial charge in [-0.25, -0.2) is 4.79 Å². The third kappa shape index (κ3) is 15.9. The van der Waals surface area contributed by atoms with Crippen LogP contribution >= 0.6 is 0 Å². The molecule has 4 N–H and O–H groups in total. The van der Waals surface area contributed by atoms with Crippen LogP contribution in [0.2, 0.25) is 0 Å². The number of amides is 1. The molecule has 0 bridgehead atoms. The van der Waals surface area contributed by atoms with Crippen molar-refractivity contribution in [2.45, 2.75) is 187 Å². The average Bonchev–Trinajstić information content (AvgIpc) is 3.28. The average molecular weight is 916 g/mol. The fourth-order valence-corrected chi connectivity index (χ4v) is 9.71. The maximum Gasteiger partial charge on any atom is 0.329 e. The van der Waals surface area contributed by atoms with E-state index in [-0.39, 0.29) is 41.9 Å². The van der Waals surface area contributed by atoms with Crippen LogP contribution in [0.4, 0.5) is 0 Å². The van der Waals surface area contributed by atoms with Crippen molar-refractivity contribution in [3.8, 4) is 0 Å². The van der Waals surface area contributed by atoms with Crippen molar-refractivity contribution in [1.82, 2.24) is 4.90 Å². The van der Waals surface area contributed by atoms with Gasteiger partial charge < -0.3 is 49.1 Å². The second kappa shape index (κ2) is 26.8. The number of likely N-dealkylation sites (tertiary alicyclic amines) is 1. The van der Waals surface area contributed by atoms with Gasteiger partial charge in [-0.2, -0.15) is 0 Å². The Kier molecular flexibility index (Phi) is 23.1. The Balaban J connectivity index is 1.59. The molecule has 3 aliphatic rings. The summed E-state index contributed by atoms with van der Waals surface area (Å²) in [6.07, 6.45) is 13.3. The molecule has 65 heavy (non-hydrogen) atoms. The Morgan fingerprint density at radius 2 is 1.60 bits per heavy atom. The normalized spacial score (nSPS) is 29.7. The summed E-state index contributed by atoms with van der Waals surface area (Å²) in [5.41, 5.74) is 1.38. The molecule has 12 unspecified atom stereocenters. The van der Waals surface area contributed by atoms with E-state index in [1.54, 1.807) is 34.0 Å². The smallest absolute Gasteiger partial charge is 0.329 e. The Hall–Kier alpha value is -3.37. The number of hydrogen-bond acceptors (Lipinski definition) is 13. The first-order chi connectivity index (χ1) is 30.7. The predicted molar refractivity (Wildman–Crippen MR) is 247 cm³/mol. The summed E-state index contributed by atoms with van der Waals surface area (Å²) in [7, 11) is 2.96. The molecule has 1 saturated carbocycles. The largest absolute Gasteiger partial charge is 0.461 e. The number of rotatable bonds is 24. The lowest BCUT2D eigenvalue weighted by Gasteiger charge is -2.42. The Labute approximate surface area is 387 Å². The quantitative estimate of drug-likeness (QED) is 0.0282. The number of esters is 1. The number of aliphatic hydroxyl groups is 4. The van der Waals surface area contributed by atoms with Gasteiger partial charge in [0.05, 0.1) is 24.4 Å². The molecule has 15 atom stereocenters. The lowest BCUT2D eigenvalue weighted by molar-refractivity contribution is -0.265. The minimum atomic E-state index is -2.39. The zero-order chi connectivity index (χ0) is 48.6. The highest BCUT2D eigenvalue weighted by Crippen LogP contribution is 2.37. The third-order valence-electron chi connectivity index (χ3n) is 13.9. The molecule has 0 aromatic carbocycles. The fraction of sp³-hybridized carbons (Fsp3) is 0.745. The van der Waals surface area contributed by atoms with Gasteiger partial charge in [-0.15, -0.1) is 0 Å². The van der Waals surface area contributed by atoms with E-state index in [0.717, 1.165) is 24.7 Å². The molecule has 2 saturated heterocycles. The van der Waals surface area contributed by atoms with Crippen molar-refractivity contribution in [2.75, 3.05) is 20.8 Å². The van der Waals surface area contributed by atoms with Crippen LogP contribution in [0.25, 0.3) is 0 Å². The minimum absolute atomic E-state index is 0.0210. The first-order valence-corrected chi connectivity index (χ1v) is 24.0. The second-order valence-electron chi connectivity index (χ2n) is 19.3. The van der Waals surface area contributed by atoms with Gasteiger partial charge >= 0.3 is 5.97 Å². The summed E-state index contributed by atoms with van der Waals surface area (Å²) in [4.78, 5) is 67.2. The number of aldehydes is 1. The predicted octanol–water partition coefficient (Wildman–Crippen LogP) is 6.16. The maximum atomic E-state index is 14.0. The van der Waals surface area contributed by atoms with Crippen molar-refractivity contribution in [2.24, 2.45) is 35.5 Å². The van der Waals surface area contributed by atoms with E-state index in [9.17, 15) is 44.4 Å². The molecule has 14 heteroatoms. The third-order valence-corrected chi connectivity index (χ3v) is 13.9. The van der Waals surface area contributed by atoms with Crippen LogP contribution in [0, 0.1) is 35.5 Å². The lowest BCUT2D eigenvalue weighted by Crippen LogP contribution is -2.60. The fourth-order valence-electron chi connectivity index (χ4n) is 9.71. The Morgan fingerprint density at radius 1 is 0.892 bits per heavy atom. The van der Waals surface area contributed by atoms with Crippen LogP contribution in [-0.2, 0) is 42.9 Å². The van der Waals surface area contributed by atoms with Crippen molar-refractivity contribution in [3.63, 3.8) is 0 Å². The highest BCUT2D eigenvalue weighted by atomic mass is 16.6. The number of allylic oxidation sites excluding steroid dienone is 6. The highest BCUT2D eigenvalue weighted by Gasteiger charge is 2.53. The van der Waals surface area contributed by atoms with Crippen LogP contribution in [-0.4, -0.2) is 130 Å². The summed E-state index contributed by atoms with van der Waals surface area (Å²) in [6, 6.07) is -0.970. The van der Waals surface area contributed by atoms with Gasteiger partial charge in [0.25, 0.3) is 11.7 Å². The summed E-state index contributed by atoms with van der Waals surface area (Å²) < 4.78 is 23.4. The van der Waals surface area contributed by atoms with Crippen LogP contribution < -0.4 is 0 Å². The zero-order valence-electron chi connectivity index (χ0n) is 40.7. The number of ketones is 2. The van der Waals surface area contributed by atoms with E-state index in [1.807, 2.05) is 65.0 Å². The first kappa shape index (κ1) is 56.0. The molecule has 0 aromatic rings. The van der Waals surface area contributed by atoms with E-state index >= 15 is 0 Å². The molecule has 3 rings (SSSR count). The van der Waals surface area contributed by atoms with Gasteiger partial charge in [-0.3, -0.25) is 14.4 Å².